The number of aliphatic hydroxyl groups is 1. The molecule has 6 heteroatoms. The number of nitrogens with one attached hydrogen (secondary N) is 1. The third-order valence-corrected chi connectivity index (χ3v) is 6.30. The molecule has 2 atom stereocenters. The number of hydrogen-bond donors (Lipinski definition) is 2. The quantitative estimate of drug-likeness (QED) is 0.889. The monoisotopic (exact) mass is 289 g/mol. The van der Waals surface area contributed by atoms with Crippen molar-refractivity contribution >= 4 is 21.4 Å². The van der Waals surface area contributed by atoms with Gasteiger partial charge in [0.05, 0.1) is 6.10 Å². The molecule has 102 valence electrons. The molecular weight excluding hydrogens is 270 g/mol. The second-order valence-electron chi connectivity index (χ2n) is 4.83. The lowest BCUT2D eigenvalue weighted by molar-refractivity contribution is 0.0724. The van der Waals surface area contributed by atoms with Gasteiger partial charge in [-0.2, -0.15) is 0 Å². The van der Waals surface area contributed by atoms with Crippen LogP contribution in [0.3, 0.4) is 0 Å². The molecule has 0 aromatic carbocycles. The second-order valence-corrected chi connectivity index (χ2v) is 8.11. The van der Waals surface area contributed by atoms with Crippen LogP contribution in [-0.4, -0.2) is 26.2 Å². The van der Waals surface area contributed by atoms with E-state index >= 15 is 0 Å². The molecule has 0 aliphatic heterocycles. The molecule has 18 heavy (non-hydrogen) atoms. The summed E-state index contributed by atoms with van der Waals surface area (Å²) in [5.41, 5.74) is 0. The van der Waals surface area contributed by atoms with E-state index < -0.39 is 10.0 Å². The lowest BCUT2D eigenvalue weighted by Gasteiger charge is -2.27. The molecule has 0 saturated heterocycles. The Morgan fingerprint density at radius 1 is 1.39 bits per heavy atom. The first-order chi connectivity index (χ1) is 8.49. The molecule has 1 saturated carbocycles. The van der Waals surface area contributed by atoms with Gasteiger partial charge in [-0.05, 0) is 37.8 Å². The lowest BCUT2D eigenvalue weighted by Crippen LogP contribution is -2.36. The zero-order valence-electron chi connectivity index (χ0n) is 10.4. The van der Waals surface area contributed by atoms with Gasteiger partial charge in [-0.3, -0.25) is 0 Å². The first-order valence-electron chi connectivity index (χ1n) is 6.23. The third-order valence-electron chi connectivity index (χ3n) is 3.39. The Bertz CT molecular complexity index is 495. The Kier molecular flexibility index (Phi) is 4.42. The fourth-order valence-corrected chi connectivity index (χ4v) is 4.69. The smallest absolute Gasteiger partial charge is 0.250 e. The summed E-state index contributed by atoms with van der Waals surface area (Å²) in [4.78, 5) is 0.980. The van der Waals surface area contributed by atoms with E-state index in [1.165, 1.54) is 11.3 Å². The van der Waals surface area contributed by atoms with E-state index in [1.54, 1.807) is 12.1 Å². The van der Waals surface area contributed by atoms with Gasteiger partial charge in [0, 0.05) is 11.4 Å². The summed E-state index contributed by atoms with van der Waals surface area (Å²) < 4.78 is 27.0. The second kappa shape index (κ2) is 5.69. The predicted octanol–water partition coefficient (Wildman–Crippen LogP) is 1.89. The number of rotatable bonds is 4. The number of sulfonamides is 1. The average Bonchev–Trinajstić information content (AvgIpc) is 2.76. The Hall–Kier alpha value is -0.430. The van der Waals surface area contributed by atoms with E-state index in [0.717, 1.165) is 30.6 Å². The summed E-state index contributed by atoms with van der Waals surface area (Å²) in [6.45, 7) is 2.22. The highest BCUT2D eigenvalue weighted by Crippen LogP contribution is 2.25. The van der Waals surface area contributed by atoms with Gasteiger partial charge in [0.25, 0.3) is 0 Å². The number of thiophene rings is 1. The number of aliphatic hydroxyl groups excluding tert-OH is 1. The molecule has 1 aliphatic rings. The van der Waals surface area contributed by atoms with Gasteiger partial charge in [0.1, 0.15) is 4.21 Å². The molecule has 1 aliphatic carbocycles. The average molecular weight is 289 g/mol. The fraction of sp³-hybridized carbons (Fsp3) is 0.667. The van der Waals surface area contributed by atoms with Gasteiger partial charge in [-0.1, -0.05) is 12.8 Å². The minimum Gasteiger partial charge on any atom is -0.393 e. The van der Waals surface area contributed by atoms with E-state index in [4.69, 9.17) is 0 Å². The van der Waals surface area contributed by atoms with E-state index in [2.05, 4.69) is 4.72 Å². The summed E-state index contributed by atoms with van der Waals surface area (Å²) >= 11 is 1.27. The van der Waals surface area contributed by atoms with Crippen LogP contribution in [0.15, 0.2) is 16.3 Å². The highest BCUT2D eigenvalue weighted by Gasteiger charge is 2.25. The Morgan fingerprint density at radius 2 is 2.11 bits per heavy atom. The van der Waals surface area contributed by atoms with Crippen LogP contribution in [0.4, 0.5) is 0 Å². The Labute approximate surface area is 112 Å². The van der Waals surface area contributed by atoms with E-state index in [0.29, 0.717) is 10.8 Å². The minimum absolute atomic E-state index is 0.0505. The van der Waals surface area contributed by atoms with Gasteiger partial charge in [-0.15, -0.1) is 11.3 Å². The van der Waals surface area contributed by atoms with Crippen LogP contribution >= 0.6 is 11.3 Å². The summed E-state index contributed by atoms with van der Waals surface area (Å²) in [5, 5.41) is 9.81. The fourth-order valence-electron chi connectivity index (χ4n) is 2.27. The number of aryl methyl sites for hydroxylation is 1. The molecule has 2 unspecified atom stereocenters. The molecule has 0 bridgehead atoms. The lowest BCUT2D eigenvalue weighted by atomic mass is 9.87. The van der Waals surface area contributed by atoms with Crippen LogP contribution in [0.25, 0.3) is 0 Å². The van der Waals surface area contributed by atoms with Crippen molar-refractivity contribution in [2.24, 2.45) is 5.92 Å². The maximum absolute atomic E-state index is 12.0. The standard InChI is InChI=1S/C12H19NO3S2/c1-9-6-7-12(17-9)18(15,16)13-8-10-4-2-3-5-11(10)14/h6-7,10-11,13-14H,2-5,8H2,1H3. The molecule has 0 radical (unpaired) electrons. The van der Waals surface area contributed by atoms with Crippen molar-refractivity contribution in [2.75, 3.05) is 6.54 Å². The summed E-state index contributed by atoms with van der Waals surface area (Å²) in [6, 6.07) is 3.42. The third kappa shape index (κ3) is 3.32. The van der Waals surface area contributed by atoms with Crippen molar-refractivity contribution in [1.82, 2.24) is 4.72 Å². The molecular formula is C12H19NO3S2. The van der Waals surface area contributed by atoms with Crippen molar-refractivity contribution < 1.29 is 13.5 Å². The largest absolute Gasteiger partial charge is 0.393 e. The topological polar surface area (TPSA) is 66.4 Å². The normalized spacial score (nSPS) is 25.2. The Balaban J connectivity index is 1.96. The van der Waals surface area contributed by atoms with Crippen LogP contribution in [0.2, 0.25) is 0 Å². The highest BCUT2D eigenvalue weighted by atomic mass is 32.2. The molecule has 0 amide bonds. The molecule has 4 nitrogen and oxygen atoms in total. The first-order valence-corrected chi connectivity index (χ1v) is 8.53. The van der Waals surface area contributed by atoms with Crippen LogP contribution in [-0.2, 0) is 10.0 Å². The summed E-state index contributed by atoms with van der Waals surface area (Å²) in [6.07, 6.45) is 3.42. The van der Waals surface area contributed by atoms with Crippen LogP contribution in [0.5, 0.6) is 0 Å². The summed E-state index contributed by atoms with van der Waals surface area (Å²) in [5.74, 6) is 0.0505. The van der Waals surface area contributed by atoms with E-state index in [-0.39, 0.29) is 12.0 Å². The van der Waals surface area contributed by atoms with Crippen molar-refractivity contribution in [2.45, 2.75) is 42.9 Å². The SMILES string of the molecule is Cc1ccc(S(=O)(=O)NCC2CCCCC2O)s1. The van der Waals surface area contributed by atoms with Crippen molar-refractivity contribution in [3.05, 3.63) is 17.0 Å². The first kappa shape index (κ1) is 14.0. The number of hydrogen-bond acceptors (Lipinski definition) is 4. The maximum Gasteiger partial charge on any atom is 0.250 e. The molecule has 1 aromatic heterocycles. The minimum atomic E-state index is -3.40. The van der Waals surface area contributed by atoms with Gasteiger partial charge in [0.2, 0.25) is 10.0 Å². The van der Waals surface area contributed by atoms with E-state index in [1.807, 2.05) is 6.92 Å². The van der Waals surface area contributed by atoms with Crippen molar-refractivity contribution in [1.29, 1.82) is 0 Å². The van der Waals surface area contributed by atoms with Crippen molar-refractivity contribution in [3.63, 3.8) is 0 Å². The zero-order chi connectivity index (χ0) is 13.2. The van der Waals surface area contributed by atoms with Crippen LogP contribution in [0.1, 0.15) is 30.6 Å². The Morgan fingerprint density at radius 3 is 2.72 bits per heavy atom. The molecule has 1 aromatic rings. The van der Waals surface area contributed by atoms with Gasteiger partial charge in [0.15, 0.2) is 0 Å². The van der Waals surface area contributed by atoms with E-state index in [9.17, 15) is 13.5 Å². The predicted molar refractivity (Wildman–Crippen MR) is 72.2 cm³/mol. The summed E-state index contributed by atoms with van der Waals surface area (Å²) in [7, 11) is -3.40. The molecule has 0 spiro atoms. The molecule has 1 fully saturated rings. The molecule has 1 heterocycles. The van der Waals surface area contributed by atoms with Gasteiger partial charge in [-0.25, -0.2) is 13.1 Å². The van der Waals surface area contributed by atoms with Crippen molar-refractivity contribution in [3.8, 4) is 0 Å². The molecule has 2 N–H and O–H groups in total. The highest BCUT2D eigenvalue weighted by molar-refractivity contribution is 7.91. The van der Waals surface area contributed by atoms with Gasteiger partial charge >= 0.3 is 0 Å². The maximum atomic E-state index is 12.0. The van der Waals surface area contributed by atoms with Crippen LogP contribution < -0.4 is 4.72 Å². The van der Waals surface area contributed by atoms with Gasteiger partial charge < -0.3 is 5.11 Å². The molecule has 2 rings (SSSR count). The zero-order valence-corrected chi connectivity index (χ0v) is 12.1. The van der Waals surface area contributed by atoms with Crippen LogP contribution in [0, 0.1) is 12.8 Å².